The van der Waals surface area contributed by atoms with Crippen molar-refractivity contribution in [3.05, 3.63) is 11.1 Å². The summed E-state index contributed by atoms with van der Waals surface area (Å²) in [5.41, 5.74) is 5.87. The van der Waals surface area contributed by atoms with Crippen molar-refractivity contribution in [2.45, 2.75) is 13.3 Å². The second-order valence-corrected chi connectivity index (χ2v) is 3.73. The molecule has 1 aromatic rings. The average molecular weight is 243 g/mol. The summed E-state index contributed by atoms with van der Waals surface area (Å²) < 4.78 is 4.58. The lowest BCUT2D eigenvalue weighted by atomic mass is 10.3. The molecule has 0 fully saturated rings. The standard InChI is InChI=1S/C9H13N3O3S/c1-3-4-15-12-7(8(13)14-2)6-5-16-9(10)11-6/h5H,3-4H2,1-2H3,(H2,10,11)/b12-7+. The van der Waals surface area contributed by atoms with Crippen molar-refractivity contribution in [3.8, 4) is 0 Å². The largest absolute Gasteiger partial charge is 0.464 e. The van der Waals surface area contributed by atoms with Crippen LogP contribution in [0.15, 0.2) is 10.5 Å². The number of methoxy groups -OCH3 is 1. The van der Waals surface area contributed by atoms with Crippen LogP contribution in [-0.2, 0) is 14.4 Å². The van der Waals surface area contributed by atoms with Gasteiger partial charge in [0.1, 0.15) is 12.3 Å². The van der Waals surface area contributed by atoms with E-state index < -0.39 is 5.97 Å². The maximum atomic E-state index is 11.4. The molecule has 0 aromatic carbocycles. The van der Waals surface area contributed by atoms with Crippen LogP contribution in [0.4, 0.5) is 5.13 Å². The summed E-state index contributed by atoms with van der Waals surface area (Å²) in [5.74, 6) is -0.596. The molecule has 0 spiro atoms. The second-order valence-electron chi connectivity index (χ2n) is 2.84. The predicted octanol–water partition coefficient (Wildman–Crippen LogP) is 1.03. The van der Waals surface area contributed by atoms with E-state index in [4.69, 9.17) is 10.6 Å². The van der Waals surface area contributed by atoms with E-state index in [0.29, 0.717) is 17.4 Å². The topological polar surface area (TPSA) is 86.8 Å². The number of hydrogen-bond donors (Lipinski definition) is 1. The molecule has 0 unspecified atom stereocenters. The molecule has 0 aliphatic carbocycles. The lowest BCUT2D eigenvalue weighted by Crippen LogP contribution is -2.18. The maximum absolute atomic E-state index is 11.4. The maximum Gasteiger partial charge on any atom is 0.362 e. The van der Waals surface area contributed by atoms with Gasteiger partial charge in [-0.2, -0.15) is 0 Å². The molecule has 1 aromatic heterocycles. The molecule has 1 rings (SSSR count). The van der Waals surface area contributed by atoms with Gasteiger partial charge in [0, 0.05) is 5.38 Å². The molecule has 0 atom stereocenters. The Bertz CT molecular complexity index is 389. The number of aromatic nitrogens is 1. The van der Waals surface area contributed by atoms with Crippen molar-refractivity contribution in [1.82, 2.24) is 4.98 Å². The smallest absolute Gasteiger partial charge is 0.362 e. The third-order valence-electron chi connectivity index (χ3n) is 1.59. The molecule has 1 heterocycles. The molecule has 0 saturated heterocycles. The van der Waals surface area contributed by atoms with Gasteiger partial charge < -0.3 is 15.3 Å². The molecule has 16 heavy (non-hydrogen) atoms. The number of nitrogens with zero attached hydrogens (tertiary/aromatic N) is 2. The van der Waals surface area contributed by atoms with Crippen LogP contribution in [0, 0.1) is 0 Å². The number of hydrogen-bond acceptors (Lipinski definition) is 7. The zero-order chi connectivity index (χ0) is 12.0. The van der Waals surface area contributed by atoms with Crippen LogP contribution in [0.3, 0.4) is 0 Å². The fourth-order valence-electron chi connectivity index (χ4n) is 0.883. The van der Waals surface area contributed by atoms with Gasteiger partial charge in [0.15, 0.2) is 5.13 Å². The lowest BCUT2D eigenvalue weighted by molar-refractivity contribution is -0.132. The molecule has 0 aliphatic heterocycles. The van der Waals surface area contributed by atoms with Crippen molar-refractivity contribution >= 4 is 28.1 Å². The van der Waals surface area contributed by atoms with Gasteiger partial charge in [0.05, 0.1) is 7.11 Å². The number of oxime groups is 1. The van der Waals surface area contributed by atoms with Crippen molar-refractivity contribution in [1.29, 1.82) is 0 Å². The summed E-state index contributed by atoms with van der Waals surface area (Å²) in [6.07, 6.45) is 0.803. The van der Waals surface area contributed by atoms with E-state index >= 15 is 0 Å². The molecule has 0 radical (unpaired) electrons. The van der Waals surface area contributed by atoms with Crippen LogP contribution < -0.4 is 5.73 Å². The highest BCUT2D eigenvalue weighted by Gasteiger charge is 2.18. The molecule has 6 nitrogen and oxygen atoms in total. The highest BCUT2D eigenvalue weighted by atomic mass is 32.1. The van der Waals surface area contributed by atoms with Crippen LogP contribution in [0.1, 0.15) is 19.0 Å². The number of nitrogens with two attached hydrogens (primary N) is 1. The third-order valence-corrected chi connectivity index (χ3v) is 2.27. The third kappa shape index (κ3) is 3.20. The second kappa shape index (κ2) is 6.06. The zero-order valence-corrected chi connectivity index (χ0v) is 9.91. The van der Waals surface area contributed by atoms with Gasteiger partial charge in [0.25, 0.3) is 0 Å². The van der Waals surface area contributed by atoms with E-state index in [2.05, 4.69) is 14.9 Å². The van der Waals surface area contributed by atoms with Gasteiger partial charge in [-0.1, -0.05) is 12.1 Å². The Labute approximate surface area is 97.1 Å². The van der Waals surface area contributed by atoms with Gasteiger partial charge >= 0.3 is 5.97 Å². The Hall–Kier alpha value is -1.63. The average Bonchev–Trinajstić information content (AvgIpc) is 2.70. The minimum absolute atomic E-state index is 0.0314. The van der Waals surface area contributed by atoms with E-state index in [1.54, 1.807) is 5.38 Å². The van der Waals surface area contributed by atoms with Crippen molar-refractivity contribution in [3.63, 3.8) is 0 Å². The normalized spacial score (nSPS) is 11.2. The van der Waals surface area contributed by atoms with Crippen LogP contribution in [0.5, 0.6) is 0 Å². The molecule has 88 valence electrons. The minimum atomic E-state index is -0.596. The lowest BCUT2D eigenvalue weighted by Gasteiger charge is -2.01. The Balaban J connectivity index is 2.87. The van der Waals surface area contributed by atoms with Crippen LogP contribution in [0.25, 0.3) is 0 Å². The first kappa shape index (κ1) is 12.4. The Kier molecular flexibility index (Phi) is 4.71. The molecule has 7 heteroatoms. The number of anilines is 1. The highest BCUT2D eigenvalue weighted by Crippen LogP contribution is 2.12. The summed E-state index contributed by atoms with van der Waals surface area (Å²) in [5, 5.41) is 5.69. The van der Waals surface area contributed by atoms with Crippen LogP contribution in [-0.4, -0.2) is 30.4 Å². The molecular formula is C9H13N3O3S. The number of rotatable bonds is 5. The minimum Gasteiger partial charge on any atom is -0.464 e. The van der Waals surface area contributed by atoms with Crippen molar-refractivity contribution < 1.29 is 14.4 Å². The van der Waals surface area contributed by atoms with E-state index in [1.165, 1.54) is 18.4 Å². The number of nitrogen functional groups attached to an aromatic ring is 1. The first-order valence-corrected chi connectivity index (χ1v) is 5.56. The Morgan fingerprint density at radius 3 is 2.94 bits per heavy atom. The number of ether oxygens (including phenoxy) is 1. The Morgan fingerprint density at radius 1 is 1.69 bits per heavy atom. The molecule has 0 aliphatic rings. The molecule has 0 bridgehead atoms. The van der Waals surface area contributed by atoms with Gasteiger partial charge in [-0.25, -0.2) is 9.78 Å². The fraction of sp³-hybridized carbons (Fsp3) is 0.444. The molecule has 0 amide bonds. The number of carbonyl (C=O) groups is 1. The summed E-state index contributed by atoms with van der Waals surface area (Å²) in [6, 6.07) is 0. The van der Waals surface area contributed by atoms with E-state index in [-0.39, 0.29) is 5.71 Å². The van der Waals surface area contributed by atoms with Gasteiger partial charge in [-0.3, -0.25) is 0 Å². The van der Waals surface area contributed by atoms with Crippen LogP contribution in [0.2, 0.25) is 0 Å². The number of thiazole rings is 1. The Morgan fingerprint density at radius 2 is 2.44 bits per heavy atom. The zero-order valence-electron chi connectivity index (χ0n) is 9.10. The first-order valence-electron chi connectivity index (χ1n) is 4.68. The summed E-state index contributed by atoms with van der Waals surface area (Å²) in [7, 11) is 1.27. The molecule has 2 N–H and O–H groups in total. The van der Waals surface area contributed by atoms with Crippen LogP contribution >= 0.6 is 11.3 Å². The number of esters is 1. The SMILES string of the molecule is CCCO/N=C(/C(=O)OC)c1csc(N)n1. The quantitative estimate of drug-likeness (QED) is 0.361. The summed E-state index contributed by atoms with van der Waals surface area (Å²) in [6.45, 7) is 2.37. The fourth-order valence-corrected chi connectivity index (χ4v) is 1.43. The summed E-state index contributed by atoms with van der Waals surface area (Å²) in [4.78, 5) is 20.3. The van der Waals surface area contributed by atoms with Crippen molar-refractivity contribution in [2.24, 2.45) is 5.16 Å². The number of carbonyl (C=O) groups excluding carboxylic acids is 1. The summed E-state index contributed by atoms with van der Waals surface area (Å²) >= 11 is 1.22. The van der Waals surface area contributed by atoms with E-state index in [1.807, 2.05) is 6.92 Å². The van der Waals surface area contributed by atoms with Gasteiger partial charge in [0.2, 0.25) is 5.71 Å². The van der Waals surface area contributed by atoms with Gasteiger partial charge in [-0.05, 0) is 6.42 Å². The first-order chi connectivity index (χ1) is 7.69. The van der Waals surface area contributed by atoms with Gasteiger partial charge in [-0.15, -0.1) is 11.3 Å². The van der Waals surface area contributed by atoms with E-state index in [0.717, 1.165) is 6.42 Å². The molecule has 0 saturated carbocycles. The predicted molar refractivity (Wildman–Crippen MR) is 61.3 cm³/mol. The highest BCUT2D eigenvalue weighted by molar-refractivity contribution is 7.13. The monoisotopic (exact) mass is 243 g/mol. The van der Waals surface area contributed by atoms with Crippen molar-refractivity contribution in [2.75, 3.05) is 19.5 Å². The molecular weight excluding hydrogens is 230 g/mol. The van der Waals surface area contributed by atoms with E-state index in [9.17, 15) is 4.79 Å².